The molecule has 1 unspecified atom stereocenters. The van der Waals surface area contributed by atoms with Crippen LogP contribution < -0.4 is 5.32 Å². The summed E-state index contributed by atoms with van der Waals surface area (Å²) >= 11 is 0. The highest BCUT2D eigenvalue weighted by molar-refractivity contribution is 5.94. The summed E-state index contributed by atoms with van der Waals surface area (Å²) in [5.41, 5.74) is 0.815. The van der Waals surface area contributed by atoms with Gasteiger partial charge in [0.2, 0.25) is 0 Å². The first-order valence-corrected chi connectivity index (χ1v) is 6.40. The Bertz CT molecular complexity index is 685. The van der Waals surface area contributed by atoms with Crippen LogP contribution in [0.25, 0.3) is 0 Å². The molecule has 1 atom stereocenters. The van der Waals surface area contributed by atoms with Crippen molar-refractivity contribution < 1.29 is 18.0 Å². The Hall–Kier alpha value is -2.30. The molecule has 0 aliphatic rings. The highest BCUT2D eigenvalue weighted by Crippen LogP contribution is 2.18. The molecule has 0 aliphatic heterocycles. The van der Waals surface area contributed by atoms with Crippen molar-refractivity contribution in [1.29, 1.82) is 0 Å². The molecule has 0 bridgehead atoms. The van der Waals surface area contributed by atoms with Gasteiger partial charge in [0.1, 0.15) is 17.5 Å². The summed E-state index contributed by atoms with van der Waals surface area (Å²) in [5, 5.41) is 2.60. The van der Waals surface area contributed by atoms with E-state index in [-0.39, 0.29) is 11.1 Å². The fourth-order valence-electron chi connectivity index (χ4n) is 2.00. The number of carbonyl (C=O) groups is 1. The smallest absolute Gasteiger partial charge is 0.251 e. The summed E-state index contributed by atoms with van der Waals surface area (Å²) in [4.78, 5) is 12.0. The van der Waals surface area contributed by atoms with Crippen molar-refractivity contribution in [3.05, 3.63) is 70.5 Å². The number of carbonyl (C=O) groups excluding carboxylic acids is 1. The Morgan fingerprint density at radius 3 is 2.38 bits per heavy atom. The lowest BCUT2D eigenvalue weighted by Gasteiger charge is -2.15. The lowest BCUT2D eigenvalue weighted by atomic mass is 10.1. The van der Waals surface area contributed by atoms with Gasteiger partial charge in [-0.1, -0.05) is 6.07 Å². The number of aryl methyl sites for hydroxylation is 1. The Balaban J connectivity index is 2.16. The van der Waals surface area contributed by atoms with Gasteiger partial charge in [0.05, 0.1) is 6.04 Å². The molecule has 1 amide bonds. The number of rotatable bonds is 3. The summed E-state index contributed by atoms with van der Waals surface area (Å²) in [7, 11) is 0. The minimum Gasteiger partial charge on any atom is -0.345 e. The van der Waals surface area contributed by atoms with E-state index in [4.69, 9.17) is 0 Å². The molecule has 2 aromatic carbocycles. The Morgan fingerprint density at radius 2 is 1.76 bits per heavy atom. The number of amides is 1. The Kier molecular flexibility index (Phi) is 4.31. The Labute approximate surface area is 120 Å². The lowest BCUT2D eigenvalue weighted by molar-refractivity contribution is 0.0939. The van der Waals surface area contributed by atoms with E-state index in [1.165, 1.54) is 24.3 Å². The van der Waals surface area contributed by atoms with Crippen LogP contribution in [0.1, 0.15) is 34.5 Å². The molecule has 0 aliphatic carbocycles. The van der Waals surface area contributed by atoms with Crippen LogP contribution in [0.3, 0.4) is 0 Å². The molecule has 2 aromatic rings. The standard InChI is InChI=1S/C16H14F3NO/c1-9-7-11(3-6-14(9)18)16(21)20-10(2)13-5-4-12(17)8-15(13)19/h3-8,10H,1-2H3,(H,20,21). The molecule has 1 N–H and O–H groups in total. The number of hydrogen-bond donors (Lipinski definition) is 1. The summed E-state index contributed by atoms with van der Waals surface area (Å²) in [6, 6.07) is 6.51. The highest BCUT2D eigenvalue weighted by atomic mass is 19.1. The van der Waals surface area contributed by atoms with Crippen LogP contribution in [-0.4, -0.2) is 5.91 Å². The first-order chi connectivity index (χ1) is 9.88. The lowest BCUT2D eigenvalue weighted by Crippen LogP contribution is -2.27. The topological polar surface area (TPSA) is 29.1 Å². The van der Waals surface area contributed by atoms with E-state index in [1.54, 1.807) is 13.8 Å². The van der Waals surface area contributed by atoms with Gasteiger partial charge in [-0.25, -0.2) is 13.2 Å². The van der Waals surface area contributed by atoms with Gasteiger partial charge in [-0.15, -0.1) is 0 Å². The quantitative estimate of drug-likeness (QED) is 0.913. The van der Waals surface area contributed by atoms with Crippen LogP contribution in [-0.2, 0) is 0 Å². The average Bonchev–Trinajstić information content (AvgIpc) is 2.41. The second-order valence-electron chi connectivity index (χ2n) is 4.82. The van der Waals surface area contributed by atoms with Crippen LogP contribution in [0, 0.1) is 24.4 Å². The van der Waals surface area contributed by atoms with E-state index in [9.17, 15) is 18.0 Å². The maximum atomic E-state index is 13.6. The van der Waals surface area contributed by atoms with E-state index in [0.717, 1.165) is 12.1 Å². The van der Waals surface area contributed by atoms with Gasteiger partial charge < -0.3 is 5.32 Å². The predicted octanol–water partition coefficient (Wildman–Crippen LogP) is 3.90. The molecule has 21 heavy (non-hydrogen) atoms. The van der Waals surface area contributed by atoms with Crippen LogP contribution in [0.5, 0.6) is 0 Å². The second kappa shape index (κ2) is 5.99. The largest absolute Gasteiger partial charge is 0.345 e. The van der Waals surface area contributed by atoms with Gasteiger partial charge in [-0.3, -0.25) is 4.79 Å². The van der Waals surface area contributed by atoms with E-state index >= 15 is 0 Å². The number of hydrogen-bond acceptors (Lipinski definition) is 1. The van der Waals surface area contributed by atoms with Crippen LogP contribution in [0.2, 0.25) is 0 Å². The fourth-order valence-corrected chi connectivity index (χ4v) is 2.00. The highest BCUT2D eigenvalue weighted by Gasteiger charge is 2.15. The maximum absolute atomic E-state index is 13.6. The molecule has 0 aromatic heterocycles. The molecular weight excluding hydrogens is 279 g/mol. The van der Waals surface area contributed by atoms with Crippen molar-refractivity contribution in [3.8, 4) is 0 Å². The normalized spacial score (nSPS) is 12.0. The summed E-state index contributed by atoms with van der Waals surface area (Å²) in [5.74, 6) is -2.25. The van der Waals surface area contributed by atoms with Crippen molar-refractivity contribution in [2.75, 3.05) is 0 Å². The molecule has 0 fully saturated rings. The first kappa shape index (κ1) is 15.1. The molecule has 0 heterocycles. The third-order valence-electron chi connectivity index (χ3n) is 3.20. The first-order valence-electron chi connectivity index (χ1n) is 6.40. The molecule has 2 rings (SSSR count). The van der Waals surface area contributed by atoms with E-state index in [1.807, 2.05) is 0 Å². The minimum atomic E-state index is -0.724. The van der Waals surface area contributed by atoms with Crippen molar-refractivity contribution >= 4 is 5.91 Å². The molecule has 110 valence electrons. The third-order valence-corrected chi connectivity index (χ3v) is 3.20. The number of benzene rings is 2. The van der Waals surface area contributed by atoms with Gasteiger partial charge in [-0.05, 0) is 43.7 Å². The monoisotopic (exact) mass is 293 g/mol. The van der Waals surface area contributed by atoms with E-state index in [0.29, 0.717) is 5.56 Å². The number of halogens is 3. The fraction of sp³-hybridized carbons (Fsp3) is 0.188. The molecule has 0 saturated heterocycles. The summed E-state index contributed by atoms with van der Waals surface area (Å²) < 4.78 is 39.7. The van der Waals surface area contributed by atoms with Gasteiger partial charge in [-0.2, -0.15) is 0 Å². The van der Waals surface area contributed by atoms with Crippen LogP contribution in [0.4, 0.5) is 13.2 Å². The average molecular weight is 293 g/mol. The predicted molar refractivity (Wildman–Crippen MR) is 73.4 cm³/mol. The zero-order chi connectivity index (χ0) is 15.6. The van der Waals surface area contributed by atoms with Gasteiger partial charge >= 0.3 is 0 Å². The van der Waals surface area contributed by atoms with Crippen molar-refractivity contribution in [1.82, 2.24) is 5.32 Å². The third kappa shape index (κ3) is 3.42. The second-order valence-corrected chi connectivity index (χ2v) is 4.82. The molecule has 2 nitrogen and oxygen atoms in total. The van der Waals surface area contributed by atoms with Crippen LogP contribution >= 0.6 is 0 Å². The zero-order valence-corrected chi connectivity index (χ0v) is 11.6. The summed E-state index contributed by atoms with van der Waals surface area (Å²) in [6.07, 6.45) is 0. The van der Waals surface area contributed by atoms with Crippen molar-refractivity contribution in [3.63, 3.8) is 0 Å². The molecular formula is C16H14F3NO. The van der Waals surface area contributed by atoms with Crippen LogP contribution in [0.15, 0.2) is 36.4 Å². The van der Waals surface area contributed by atoms with Gasteiger partial charge in [0.15, 0.2) is 0 Å². The Morgan fingerprint density at radius 1 is 1.05 bits per heavy atom. The maximum Gasteiger partial charge on any atom is 0.251 e. The minimum absolute atomic E-state index is 0.184. The SMILES string of the molecule is Cc1cc(C(=O)NC(C)c2ccc(F)cc2F)ccc1F. The number of nitrogens with one attached hydrogen (secondary N) is 1. The van der Waals surface area contributed by atoms with E-state index in [2.05, 4.69) is 5.32 Å². The molecule has 5 heteroatoms. The summed E-state index contributed by atoms with van der Waals surface area (Å²) in [6.45, 7) is 3.14. The van der Waals surface area contributed by atoms with E-state index < -0.39 is 29.4 Å². The van der Waals surface area contributed by atoms with Gasteiger partial charge in [0.25, 0.3) is 5.91 Å². The molecule has 0 saturated carbocycles. The molecule has 0 spiro atoms. The molecule has 0 radical (unpaired) electrons. The van der Waals surface area contributed by atoms with Gasteiger partial charge in [0, 0.05) is 17.2 Å². The van der Waals surface area contributed by atoms with Crippen molar-refractivity contribution in [2.24, 2.45) is 0 Å². The van der Waals surface area contributed by atoms with Crippen molar-refractivity contribution in [2.45, 2.75) is 19.9 Å². The zero-order valence-electron chi connectivity index (χ0n) is 11.6.